The summed E-state index contributed by atoms with van der Waals surface area (Å²) in [4.78, 5) is 11.0. The Balaban J connectivity index is 2.51. The van der Waals surface area contributed by atoms with Gasteiger partial charge in [0.1, 0.15) is 0 Å². The number of rotatable bonds is 1. The van der Waals surface area contributed by atoms with Crippen LogP contribution in [-0.4, -0.2) is 11.4 Å². The van der Waals surface area contributed by atoms with Gasteiger partial charge in [-0.3, -0.25) is 4.79 Å². The Bertz CT molecular complexity index is 198. The third-order valence-electron chi connectivity index (χ3n) is 3.18. The van der Waals surface area contributed by atoms with E-state index in [1.165, 1.54) is 12.8 Å². The Hall–Kier alpha value is -0.530. The highest BCUT2D eigenvalue weighted by Crippen LogP contribution is 2.39. The first kappa shape index (κ1) is 10.6. The molecule has 0 saturated heterocycles. The van der Waals surface area contributed by atoms with Crippen LogP contribution < -0.4 is 5.32 Å². The summed E-state index contributed by atoms with van der Waals surface area (Å²) < 4.78 is 0. The number of nitrogens with one attached hydrogen (secondary N) is 1. The Kier molecular flexibility index (Phi) is 2.69. The third kappa shape index (κ3) is 3.02. The van der Waals surface area contributed by atoms with Gasteiger partial charge in [0, 0.05) is 12.5 Å². The van der Waals surface area contributed by atoms with Crippen LogP contribution in [0.25, 0.3) is 0 Å². The van der Waals surface area contributed by atoms with Crippen molar-refractivity contribution in [2.24, 2.45) is 5.41 Å². The first-order valence-corrected chi connectivity index (χ1v) is 5.12. The van der Waals surface area contributed by atoms with E-state index in [-0.39, 0.29) is 11.4 Å². The molecule has 0 bridgehead atoms. The van der Waals surface area contributed by atoms with Gasteiger partial charge in [-0.05, 0) is 38.0 Å². The molecule has 1 N–H and O–H groups in total. The van der Waals surface area contributed by atoms with E-state index >= 15 is 0 Å². The average molecular weight is 183 g/mol. The quantitative estimate of drug-likeness (QED) is 0.665. The van der Waals surface area contributed by atoms with Gasteiger partial charge in [-0.1, -0.05) is 13.8 Å². The highest BCUT2D eigenvalue weighted by atomic mass is 16.1. The molecule has 0 unspecified atom stereocenters. The molecule has 2 heteroatoms. The topological polar surface area (TPSA) is 29.1 Å². The van der Waals surface area contributed by atoms with Crippen molar-refractivity contribution in [1.82, 2.24) is 5.32 Å². The van der Waals surface area contributed by atoms with Crippen molar-refractivity contribution < 1.29 is 4.79 Å². The van der Waals surface area contributed by atoms with Crippen molar-refractivity contribution in [2.45, 2.75) is 58.9 Å². The molecule has 1 fully saturated rings. The van der Waals surface area contributed by atoms with Crippen LogP contribution in [0.5, 0.6) is 0 Å². The molecular weight excluding hydrogens is 162 g/mol. The zero-order valence-electron chi connectivity index (χ0n) is 9.24. The fraction of sp³-hybridized carbons (Fsp3) is 0.909. The molecule has 1 aliphatic rings. The van der Waals surface area contributed by atoms with Crippen LogP contribution in [0, 0.1) is 5.41 Å². The number of amides is 1. The third-order valence-corrected chi connectivity index (χ3v) is 3.18. The summed E-state index contributed by atoms with van der Waals surface area (Å²) in [6.45, 7) is 8.37. The number of carbonyl (C=O) groups excluding carboxylic acids is 1. The van der Waals surface area contributed by atoms with Crippen LogP contribution in [0.15, 0.2) is 0 Å². The first-order valence-electron chi connectivity index (χ1n) is 5.12. The largest absolute Gasteiger partial charge is 0.351 e. The molecule has 1 saturated carbocycles. The highest BCUT2D eigenvalue weighted by molar-refractivity contribution is 5.73. The summed E-state index contributed by atoms with van der Waals surface area (Å²) in [5, 5.41) is 3.06. The Morgan fingerprint density at radius 1 is 1.08 bits per heavy atom. The molecular formula is C11H21NO. The molecule has 0 aromatic heterocycles. The zero-order valence-corrected chi connectivity index (χ0v) is 9.24. The van der Waals surface area contributed by atoms with Gasteiger partial charge in [-0.25, -0.2) is 0 Å². The van der Waals surface area contributed by atoms with Crippen molar-refractivity contribution in [3.8, 4) is 0 Å². The summed E-state index contributed by atoms with van der Waals surface area (Å²) in [5.41, 5.74) is 0.527. The lowest BCUT2D eigenvalue weighted by molar-refractivity contribution is -0.121. The van der Waals surface area contributed by atoms with E-state index in [0.717, 1.165) is 12.8 Å². The average Bonchev–Trinajstić information content (AvgIpc) is 1.95. The van der Waals surface area contributed by atoms with Crippen LogP contribution in [0.1, 0.15) is 53.4 Å². The minimum absolute atomic E-state index is 0.0569. The second-order valence-electron chi connectivity index (χ2n) is 5.41. The Morgan fingerprint density at radius 2 is 1.54 bits per heavy atom. The molecule has 1 rings (SSSR count). The molecule has 2 nitrogen and oxygen atoms in total. The number of carbonyl (C=O) groups is 1. The maximum absolute atomic E-state index is 11.0. The number of hydrogen-bond acceptors (Lipinski definition) is 1. The van der Waals surface area contributed by atoms with Crippen molar-refractivity contribution in [1.29, 1.82) is 0 Å². The van der Waals surface area contributed by atoms with E-state index in [1.807, 2.05) is 0 Å². The van der Waals surface area contributed by atoms with Crippen LogP contribution in [-0.2, 0) is 4.79 Å². The van der Waals surface area contributed by atoms with Gasteiger partial charge in [-0.2, -0.15) is 0 Å². The Labute approximate surface area is 81.1 Å². The molecule has 0 heterocycles. The molecule has 1 amide bonds. The first-order chi connectivity index (χ1) is 5.83. The maximum atomic E-state index is 11.0. The molecule has 76 valence electrons. The van der Waals surface area contributed by atoms with Gasteiger partial charge >= 0.3 is 0 Å². The monoisotopic (exact) mass is 183 g/mol. The fourth-order valence-electron chi connectivity index (χ4n) is 2.03. The van der Waals surface area contributed by atoms with Crippen LogP contribution in [0.3, 0.4) is 0 Å². The highest BCUT2D eigenvalue weighted by Gasteiger charge is 2.34. The smallest absolute Gasteiger partial charge is 0.217 e. The molecule has 0 radical (unpaired) electrons. The summed E-state index contributed by atoms with van der Waals surface area (Å²) in [5.74, 6) is 0.0993. The molecule has 0 aromatic carbocycles. The van der Waals surface area contributed by atoms with Crippen LogP contribution >= 0.6 is 0 Å². The summed E-state index contributed by atoms with van der Waals surface area (Å²) in [6.07, 6.45) is 4.65. The SMILES string of the molecule is CC(=O)NC1(C)CCC(C)(C)CC1. The Morgan fingerprint density at radius 3 is 1.92 bits per heavy atom. The minimum atomic E-state index is 0.0569. The van der Waals surface area contributed by atoms with E-state index in [2.05, 4.69) is 26.1 Å². The summed E-state index contributed by atoms with van der Waals surface area (Å²) >= 11 is 0. The van der Waals surface area contributed by atoms with Crippen LogP contribution in [0.4, 0.5) is 0 Å². The van der Waals surface area contributed by atoms with E-state index in [9.17, 15) is 4.79 Å². The second-order valence-corrected chi connectivity index (χ2v) is 5.41. The van der Waals surface area contributed by atoms with Gasteiger partial charge < -0.3 is 5.32 Å². The molecule has 0 spiro atoms. The van der Waals surface area contributed by atoms with Crippen molar-refractivity contribution in [3.05, 3.63) is 0 Å². The van der Waals surface area contributed by atoms with Gasteiger partial charge in [-0.15, -0.1) is 0 Å². The molecule has 0 aromatic rings. The van der Waals surface area contributed by atoms with E-state index in [0.29, 0.717) is 5.41 Å². The second kappa shape index (κ2) is 3.32. The lowest BCUT2D eigenvalue weighted by Gasteiger charge is -2.41. The van der Waals surface area contributed by atoms with Gasteiger partial charge in [0.25, 0.3) is 0 Å². The predicted octanol–water partition coefficient (Wildman–Crippen LogP) is 2.48. The van der Waals surface area contributed by atoms with E-state index in [1.54, 1.807) is 6.92 Å². The lowest BCUT2D eigenvalue weighted by atomic mass is 9.70. The summed E-state index contributed by atoms with van der Waals surface area (Å²) in [6, 6.07) is 0. The number of hydrogen-bond donors (Lipinski definition) is 1. The van der Waals surface area contributed by atoms with E-state index in [4.69, 9.17) is 0 Å². The molecule has 0 aliphatic heterocycles. The molecule has 13 heavy (non-hydrogen) atoms. The summed E-state index contributed by atoms with van der Waals surface area (Å²) in [7, 11) is 0. The molecule has 0 atom stereocenters. The maximum Gasteiger partial charge on any atom is 0.217 e. The fourth-order valence-corrected chi connectivity index (χ4v) is 2.03. The van der Waals surface area contributed by atoms with Gasteiger partial charge in [0.2, 0.25) is 5.91 Å². The standard InChI is InChI=1S/C11H21NO/c1-9(13)12-11(4)7-5-10(2,3)6-8-11/h5-8H2,1-4H3,(H,12,13). The lowest BCUT2D eigenvalue weighted by Crippen LogP contribution is -2.48. The van der Waals surface area contributed by atoms with Crippen molar-refractivity contribution in [2.75, 3.05) is 0 Å². The van der Waals surface area contributed by atoms with Crippen molar-refractivity contribution >= 4 is 5.91 Å². The van der Waals surface area contributed by atoms with Crippen LogP contribution in [0.2, 0.25) is 0 Å². The van der Waals surface area contributed by atoms with Gasteiger partial charge in [0.15, 0.2) is 0 Å². The normalized spacial score (nSPS) is 25.2. The van der Waals surface area contributed by atoms with E-state index < -0.39 is 0 Å². The zero-order chi connectivity index (χ0) is 10.1. The molecule has 1 aliphatic carbocycles. The van der Waals surface area contributed by atoms with Gasteiger partial charge in [0.05, 0.1) is 0 Å². The van der Waals surface area contributed by atoms with Crippen molar-refractivity contribution in [3.63, 3.8) is 0 Å². The predicted molar refractivity (Wildman–Crippen MR) is 54.5 cm³/mol. The minimum Gasteiger partial charge on any atom is -0.351 e.